The third-order valence-electron chi connectivity index (χ3n) is 11.4. The van der Waals surface area contributed by atoms with Crippen LogP contribution >= 0.6 is 0 Å². The number of allylic oxidation sites excluding steroid dienone is 6. The topological polar surface area (TPSA) is 8.17 Å². The summed E-state index contributed by atoms with van der Waals surface area (Å²) in [6.45, 7) is 0. The molecule has 0 bridgehead atoms. The highest BCUT2D eigenvalue weighted by atomic mass is 15.1. The van der Waals surface area contributed by atoms with Gasteiger partial charge in [0.2, 0.25) is 0 Å². The van der Waals surface area contributed by atoms with Crippen LogP contribution in [0.15, 0.2) is 205 Å². The van der Waals surface area contributed by atoms with Crippen molar-refractivity contribution >= 4 is 66.0 Å². The first-order valence-corrected chi connectivity index (χ1v) is 18.8. The standard InChI is InChI=1S/C52H36N2/c1-3-10-35(11-4-1)41-18-19-43-31-47(25-22-42(43)28-41)53(46-23-20-36(21-24-46)44-29-37-14-9-15-38(37)30-44)48-26-27-51-50(34-48)49-32-39-12-7-8-13-40(39)33-52(49)54(51)45-16-5-2-6-17-45/h1-14,16-28,30-34H,15,29H2. The minimum Gasteiger partial charge on any atom is -0.310 e. The fourth-order valence-corrected chi connectivity index (χ4v) is 8.68. The normalized spacial score (nSPS) is 13.7. The van der Waals surface area contributed by atoms with Crippen LogP contribution in [-0.2, 0) is 0 Å². The summed E-state index contributed by atoms with van der Waals surface area (Å²) in [7, 11) is 0. The molecule has 0 radical (unpaired) electrons. The molecule has 9 aromatic rings. The molecular formula is C52H36N2. The van der Waals surface area contributed by atoms with Crippen LogP contribution in [-0.4, -0.2) is 4.57 Å². The van der Waals surface area contributed by atoms with Crippen LogP contribution < -0.4 is 4.90 Å². The molecule has 0 saturated heterocycles. The number of hydrogen-bond acceptors (Lipinski definition) is 1. The van der Waals surface area contributed by atoms with E-state index in [0.717, 1.165) is 35.6 Å². The lowest BCUT2D eigenvalue weighted by molar-refractivity contribution is 1.18. The molecule has 1 heterocycles. The Bertz CT molecular complexity index is 3010. The second-order valence-electron chi connectivity index (χ2n) is 14.6. The number of anilines is 3. The van der Waals surface area contributed by atoms with E-state index in [1.165, 1.54) is 76.8 Å². The Balaban J connectivity index is 1.08. The zero-order valence-electron chi connectivity index (χ0n) is 29.8. The number of rotatable bonds is 6. The summed E-state index contributed by atoms with van der Waals surface area (Å²) in [6, 6.07) is 64.6. The van der Waals surface area contributed by atoms with Crippen LogP contribution in [0.2, 0.25) is 0 Å². The lowest BCUT2D eigenvalue weighted by atomic mass is 10.00. The van der Waals surface area contributed by atoms with Crippen molar-refractivity contribution < 1.29 is 0 Å². The highest BCUT2D eigenvalue weighted by Crippen LogP contribution is 2.43. The Morgan fingerprint density at radius 2 is 1.06 bits per heavy atom. The second-order valence-corrected chi connectivity index (χ2v) is 14.6. The van der Waals surface area contributed by atoms with Gasteiger partial charge in [0.05, 0.1) is 11.0 Å². The molecular weight excluding hydrogens is 653 g/mol. The fourth-order valence-electron chi connectivity index (χ4n) is 8.68. The maximum atomic E-state index is 2.42. The van der Waals surface area contributed by atoms with E-state index < -0.39 is 0 Å². The average Bonchev–Trinajstić information content (AvgIpc) is 3.94. The Labute approximate surface area is 314 Å². The molecule has 0 fully saturated rings. The van der Waals surface area contributed by atoms with E-state index in [2.05, 4.69) is 204 Å². The van der Waals surface area contributed by atoms with Crippen molar-refractivity contribution in [2.24, 2.45) is 0 Å². The maximum Gasteiger partial charge on any atom is 0.0547 e. The second kappa shape index (κ2) is 12.4. The predicted molar refractivity (Wildman–Crippen MR) is 229 cm³/mol. The zero-order chi connectivity index (χ0) is 35.6. The predicted octanol–water partition coefficient (Wildman–Crippen LogP) is 14.3. The first-order valence-electron chi connectivity index (χ1n) is 18.8. The molecule has 254 valence electrons. The van der Waals surface area contributed by atoms with E-state index in [1.54, 1.807) is 0 Å². The van der Waals surface area contributed by atoms with Gasteiger partial charge in [-0.1, -0.05) is 121 Å². The van der Waals surface area contributed by atoms with E-state index in [1.807, 2.05) is 0 Å². The third-order valence-corrected chi connectivity index (χ3v) is 11.4. The Morgan fingerprint density at radius 1 is 0.426 bits per heavy atom. The van der Waals surface area contributed by atoms with Crippen molar-refractivity contribution in [1.82, 2.24) is 4.57 Å². The highest BCUT2D eigenvalue weighted by molar-refractivity contribution is 6.14. The molecule has 2 aliphatic carbocycles. The van der Waals surface area contributed by atoms with Gasteiger partial charge in [0.25, 0.3) is 0 Å². The quantitative estimate of drug-likeness (QED) is 0.169. The van der Waals surface area contributed by atoms with Gasteiger partial charge in [0, 0.05) is 33.5 Å². The van der Waals surface area contributed by atoms with Crippen molar-refractivity contribution in [2.45, 2.75) is 12.8 Å². The molecule has 0 aliphatic heterocycles. The van der Waals surface area contributed by atoms with E-state index >= 15 is 0 Å². The van der Waals surface area contributed by atoms with E-state index in [4.69, 9.17) is 0 Å². The molecule has 0 spiro atoms. The Morgan fingerprint density at radius 3 is 1.87 bits per heavy atom. The molecule has 0 saturated carbocycles. The molecule has 0 unspecified atom stereocenters. The highest BCUT2D eigenvalue weighted by Gasteiger charge is 2.21. The molecule has 11 rings (SSSR count). The number of para-hydroxylation sites is 1. The molecule has 1 aromatic heterocycles. The van der Waals surface area contributed by atoms with Gasteiger partial charge in [0.15, 0.2) is 0 Å². The number of nitrogens with zero attached hydrogens (tertiary/aromatic N) is 2. The molecule has 8 aromatic carbocycles. The van der Waals surface area contributed by atoms with Gasteiger partial charge in [-0.15, -0.1) is 0 Å². The van der Waals surface area contributed by atoms with Crippen molar-refractivity contribution in [3.8, 4) is 16.8 Å². The smallest absolute Gasteiger partial charge is 0.0547 e. The lowest BCUT2D eigenvalue weighted by Gasteiger charge is -2.26. The van der Waals surface area contributed by atoms with Gasteiger partial charge in [-0.25, -0.2) is 0 Å². The third kappa shape index (κ3) is 5.10. The molecule has 0 amide bonds. The number of hydrogen-bond donors (Lipinski definition) is 0. The molecule has 2 heteroatoms. The van der Waals surface area contributed by atoms with Crippen molar-refractivity contribution in [3.63, 3.8) is 0 Å². The fraction of sp³-hybridized carbons (Fsp3) is 0.0385. The summed E-state index contributed by atoms with van der Waals surface area (Å²) in [4.78, 5) is 2.42. The number of aromatic nitrogens is 1. The van der Waals surface area contributed by atoms with Gasteiger partial charge in [0.1, 0.15) is 0 Å². The SMILES string of the molecule is C1=CC2=C(C=C(c3ccc(N(c4ccc5cc(-c6ccccc6)ccc5c4)c4ccc5c(c4)c4cc6ccccc6cc4n5-c4ccccc4)cc3)C2)C1. The summed E-state index contributed by atoms with van der Waals surface area (Å²) in [5, 5.41) is 7.42. The largest absolute Gasteiger partial charge is 0.310 e. The van der Waals surface area contributed by atoms with Crippen molar-refractivity contribution in [2.75, 3.05) is 4.90 Å². The van der Waals surface area contributed by atoms with Crippen LogP contribution in [0.4, 0.5) is 17.1 Å². The molecule has 0 atom stereocenters. The van der Waals surface area contributed by atoms with Crippen LogP contribution in [0.3, 0.4) is 0 Å². The van der Waals surface area contributed by atoms with Crippen molar-refractivity contribution in [3.05, 3.63) is 211 Å². The summed E-state index contributed by atoms with van der Waals surface area (Å²) >= 11 is 0. The summed E-state index contributed by atoms with van der Waals surface area (Å²) in [5.41, 5.74) is 15.1. The Hall–Kier alpha value is -6.90. The van der Waals surface area contributed by atoms with Gasteiger partial charge >= 0.3 is 0 Å². The molecule has 2 nitrogen and oxygen atoms in total. The Kier molecular flexibility index (Phi) is 7.03. The first kappa shape index (κ1) is 30.7. The summed E-state index contributed by atoms with van der Waals surface area (Å²) < 4.78 is 2.41. The molecule has 0 N–H and O–H groups in total. The van der Waals surface area contributed by atoms with Gasteiger partial charge in [-0.05, 0) is 141 Å². The minimum absolute atomic E-state index is 1.02. The van der Waals surface area contributed by atoms with Crippen LogP contribution in [0.25, 0.3) is 65.7 Å². The summed E-state index contributed by atoms with van der Waals surface area (Å²) in [6.07, 6.45) is 9.04. The maximum absolute atomic E-state index is 2.42. The number of benzene rings is 8. The lowest BCUT2D eigenvalue weighted by Crippen LogP contribution is -2.10. The van der Waals surface area contributed by atoms with Crippen molar-refractivity contribution in [1.29, 1.82) is 0 Å². The van der Waals surface area contributed by atoms with Crippen LogP contribution in [0.5, 0.6) is 0 Å². The molecule has 2 aliphatic rings. The van der Waals surface area contributed by atoms with Gasteiger partial charge in [-0.3, -0.25) is 0 Å². The van der Waals surface area contributed by atoms with E-state index in [0.29, 0.717) is 0 Å². The average molecular weight is 689 g/mol. The van der Waals surface area contributed by atoms with Crippen LogP contribution in [0, 0.1) is 0 Å². The van der Waals surface area contributed by atoms with Crippen LogP contribution in [0.1, 0.15) is 18.4 Å². The monoisotopic (exact) mass is 688 g/mol. The number of fused-ring (bicyclic) bond motifs is 5. The molecule has 54 heavy (non-hydrogen) atoms. The summed E-state index contributed by atoms with van der Waals surface area (Å²) in [5.74, 6) is 0. The zero-order valence-corrected chi connectivity index (χ0v) is 29.8. The minimum atomic E-state index is 1.02. The first-order chi connectivity index (χ1) is 26.7. The van der Waals surface area contributed by atoms with Gasteiger partial charge in [-0.2, -0.15) is 0 Å². The van der Waals surface area contributed by atoms with E-state index in [-0.39, 0.29) is 0 Å². The van der Waals surface area contributed by atoms with E-state index in [9.17, 15) is 0 Å². The van der Waals surface area contributed by atoms with Gasteiger partial charge < -0.3 is 9.47 Å².